The molecule has 0 fully saturated rings. The molecular weight excluding hydrogens is 300 g/mol. The average molecular weight is 318 g/mol. The standard InChI is InChI=1S/C16H18N2O5/c1-2-22-15(19)8-7-12-5-3-4-6-14(12)23-16(20,21)13(11-18)9-10-17/h3-6,9-10,17,20-21H,2,7-8H2,1H3/b13-9+,17-10?. The number of carbonyl (C=O) groups is 1. The largest absolute Gasteiger partial charge is 0.466 e. The van der Waals surface area contributed by atoms with E-state index in [9.17, 15) is 15.0 Å². The number of nitrogens with zero attached hydrogens (tertiary/aromatic N) is 1. The van der Waals surface area contributed by atoms with Gasteiger partial charge in [0.25, 0.3) is 0 Å². The first-order valence-electron chi connectivity index (χ1n) is 6.93. The van der Waals surface area contributed by atoms with E-state index in [0.29, 0.717) is 5.56 Å². The van der Waals surface area contributed by atoms with Crippen molar-refractivity contribution in [3.63, 3.8) is 0 Å². The lowest BCUT2D eigenvalue weighted by Crippen LogP contribution is -2.37. The lowest BCUT2D eigenvalue weighted by molar-refractivity contribution is -0.259. The summed E-state index contributed by atoms with van der Waals surface area (Å²) >= 11 is 0. The van der Waals surface area contributed by atoms with E-state index in [4.69, 9.17) is 20.1 Å². The molecule has 122 valence electrons. The quantitative estimate of drug-likeness (QED) is 0.287. The van der Waals surface area contributed by atoms with E-state index in [1.54, 1.807) is 31.2 Å². The Morgan fingerprint density at radius 2 is 2.13 bits per heavy atom. The monoisotopic (exact) mass is 318 g/mol. The summed E-state index contributed by atoms with van der Waals surface area (Å²) in [5.41, 5.74) is 0.0212. The molecule has 3 N–H and O–H groups in total. The van der Waals surface area contributed by atoms with Gasteiger partial charge in [-0.05, 0) is 31.1 Å². The first-order chi connectivity index (χ1) is 10.9. The molecule has 0 atom stereocenters. The third kappa shape index (κ3) is 5.54. The molecule has 1 aromatic carbocycles. The van der Waals surface area contributed by atoms with E-state index in [1.165, 1.54) is 6.07 Å². The first-order valence-corrected chi connectivity index (χ1v) is 6.93. The molecule has 0 saturated heterocycles. The van der Waals surface area contributed by atoms with Crippen molar-refractivity contribution in [3.8, 4) is 11.8 Å². The lowest BCUT2D eigenvalue weighted by atomic mass is 10.1. The van der Waals surface area contributed by atoms with Crippen LogP contribution in [0.4, 0.5) is 0 Å². The number of aryl methyl sites for hydroxylation is 1. The number of hydrogen-bond acceptors (Lipinski definition) is 7. The molecule has 0 heterocycles. The van der Waals surface area contributed by atoms with Crippen molar-refractivity contribution in [2.45, 2.75) is 25.7 Å². The Morgan fingerprint density at radius 3 is 2.74 bits per heavy atom. The van der Waals surface area contributed by atoms with E-state index in [-0.39, 0.29) is 31.2 Å². The summed E-state index contributed by atoms with van der Waals surface area (Å²) in [6, 6.07) is 8.04. The van der Waals surface area contributed by atoms with Crippen LogP contribution >= 0.6 is 0 Å². The Labute approximate surface area is 133 Å². The summed E-state index contributed by atoms with van der Waals surface area (Å²) in [5.74, 6) is -3.12. The highest BCUT2D eigenvalue weighted by Gasteiger charge is 2.32. The highest BCUT2D eigenvalue weighted by Crippen LogP contribution is 2.25. The van der Waals surface area contributed by atoms with E-state index in [2.05, 4.69) is 0 Å². The van der Waals surface area contributed by atoms with E-state index in [0.717, 1.165) is 12.3 Å². The van der Waals surface area contributed by atoms with Crippen molar-refractivity contribution < 1.29 is 24.5 Å². The number of nitrogens with one attached hydrogen (secondary N) is 1. The van der Waals surface area contributed by atoms with Gasteiger partial charge in [-0.15, -0.1) is 0 Å². The van der Waals surface area contributed by atoms with Crippen LogP contribution in [-0.4, -0.2) is 35.0 Å². The molecule has 1 aromatic rings. The van der Waals surface area contributed by atoms with Gasteiger partial charge >= 0.3 is 11.9 Å². The minimum Gasteiger partial charge on any atom is -0.466 e. The van der Waals surface area contributed by atoms with Crippen molar-refractivity contribution in [2.24, 2.45) is 0 Å². The molecule has 0 aliphatic rings. The predicted molar refractivity (Wildman–Crippen MR) is 81.7 cm³/mol. The van der Waals surface area contributed by atoms with Gasteiger partial charge in [-0.25, -0.2) is 0 Å². The normalized spacial score (nSPS) is 11.5. The molecule has 0 bridgehead atoms. The highest BCUT2D eigenvalue weighted by molar-refractivity contribution is 5.71. The maximum Gasteiger partial charge on any atom is 0.361 e. The number of benzene rings is 1. The van der Waals surface area contributed by atoms with Gasteiger partial charge in [0.05, 0.1) is 6.61 Å². The molecule has 0 saturated carbocycles. The summed E-state index contributed by atoms with van der Waals surface area (Å²) in [5, 5.41) is 35.6. The zero-order valence-corrected chi connectivity index (χ0v) is 12.7. The van der Waals surface area contributed by atoms with Crippen LogP contribution in [-0.2, 0) is 16.0 Å². The fraction of sp³-hybridized carbons (Fsp3) is 0.312. The minimum atomic E-state index is -2.87. The predicted octanol–water partition coefficient (Wildman–Crippen LogP) is 1.30. The fourth-order valence-electron chi connectivity index (χ4n) is 1.79. The first kappa shape index (κ1) is 18.4. The third-order valence-electron chi connectivity index (χ3n) is 2.85. The van der Waals surface area contributed by atoms with E-state index in [1.807, 2.05) is 0 Å². The van der Waals surface area contributed by atoms with Crippen molar-refractivity contribution >= 4 is 12.2 Å². The van der Waals surface area contributed by atoms with Gasteiger partial charge in [0.15, 0.2) is 0 Å². The Balaban J connectivity index is 2.93. The van der Waals surface area contributed by atoms with Crippen LogP contribution in [0, 0.1) is 16.7 Å². The van der Waals surface area contributed by atoms with E-state index >= 15 is 0 Å². The number of esters is 1. The second-order valence-corrected chi connectivity index (χ2v) is 4.48. The molecule has 0 unspecified atom stereocenters. The second-order valence-electron chi connectivity index (χ2n) is 4.48. The number of para-hydroxylation sites is 1. The van der Waals surface area contributed by atoms with Crippen molar-refractivity contribution in [1.82, 2.24) is 0 Å². The van der Waals surface area contributed by atoms with Gasteiger partial charge in [-0.2, -0.15) is 5.26 Å². The smallest absolute Gasteiger partial charge is 0.361 e. The summed E-state index contributed by atoms with van der Waals surface area (Å²) in [6.45, 7) is 1.99. The number of rotatable bonds is 8. The number of hydrogen-bond donors (Lipinski definition) is 3. The van der Waals surface area contributed by atoms with Gasteiger partial charge in [0.2, 0.25) is 0 Å². The summed E-state index contributed by atoms with van der Waals surface area (Å²) in [6.07, 6.45) is 2.05. The molecule has 1 rings (SSSR count). The summed E-state index contributed by atoms with van der Waals surface area (Å²) in [4.78, 5) is 11.4. The van der Waals surface area contributed by atoms with Gasteiger partial charge in [0.1, 0.15) is 17.4 Å². The molecule has 7 heteroatoms. The average Bonchev–Trinajstić information content (AvgIpc) is 2.51. The van der Waals surface area contributed by atoms with Crippen molar-refractivity contribution in [2.75, 3.05) is 6.61 Å². The Hall–Kier alpha value is -2.69. The molecule has 0 radical (unpaired) electrons. The molecule has 23 heavy (non-hydrogen) atoms. The van der Waals surface area contributed by atoms with Crippen LogP contribution in [0.25, 0.3) is 0 Å². The SMILES string of the molecule is CCOC(=O)CCc1ccccc1OC(O)(O)/C(C#N)=C/C=N. The maximum absolute atomic E-state index is 11.4. The molecule has 0 amide bonds. The molecule has 0 spiro atoms. The number of carbonyl (C=O) groups excluding carboxylic acids is 1. The van der Waals surface area contributed by atoms with Crippen LogP contribution in [0.1, 0.15) is 18.9 Å². The molecular formula is C16H18N2O5. The molecule has 7 nitrogen and oxygen atoms in total. The summed E-state index contributed by atoms with van der Waals surface area (Å²) in [7, 11) is 0. The minimum absolute atomic E-state index is 0.111. The van der Waals surface area contributed by atoms with Crippen LogP contribution in [0.3, 0.4) is 0 Å². The Bertz CT molecular complexity index is 632. The van der Waals surface area contributed by atoms with Crippen LogP contribution in [0.5, 0.6) is 5.75 Å². The molecule has 0 aliphatic carbocycles. The van der Waals surface area contributed by atoms with Gasteiger partial charge in [-0.1, -0.05) is 18.2 Å². The Morgan fingerprint density at radius 1 is 1.43 bits per heavy atom. The van der Waals surface area contributed by atoms with Gasteiger partial charge < -0.3 is 25.1 Å². The lowest BCUT2D eigenvalue weighted by Gasteiger charge is -2.23. The summed E-state index contributed by atoms with van der Waals surface area (Å²) < 4.78 is 9.93. The van der Waals surface area contributed by atoms with Gasteiger partial charge in [0, 0.05) is 12.6 Å². The number of ether oxygens (including phenoxy) is 2. The third-order valence-corrected chi connectivity index (χ3v) is 2.85. The molecule has 0 aliphatic heterocycles. The second kappa shape index (κ2) is 8.68. The van der Waals surface area contributed by atoms with Crippen LogP contribution in [0.2, 0.25) is 0 Å². The zero-order valence-electron chi connectivity index (χ0n) is 12.7. The van der Waals surface area contributed by atoms with Crippen molar-refractivity contribution in [1.29, 1.82) is 10.7 Å². The Kier molecular flexibility index (Phi) is 6.93. The number of aliphatic hydroxyl groups is 2. The van der Waals surface area contributed by atoms with E-state index < -0.39 is 11.5 Å². The maximum atomic E-state index is 11.4. The number of allylic oxidation sites excluding steroid dienone is 1. The van der Waals surface area contributed by atoms with Crippen LogP contribution in [0.15, 0.2) is 35.9 Å². The van der Waals surface area contributed by atoms with Crippen LogP contribution < -0.4 is 4.74 Å². The molecule has 0 aromatic heterocycles. The number of nitriles is 1. The van der Waals surface area contributed by atoms with Crippen molar-refractivity contribution in [3.05, 3.63) is 41.5 Å². The zero-order chi connectivity index (χ0) is 17.3. The fourth-order valence-corrected chi connectivity index (χ4v) is 1.79. The van der Waals surface area contributed by atoms with Gasteiger partial charge in [-0.3, -0.25) is 4.79 Å². The topological polar surface area (TPSA) is 124 Å². The highest BCUT2D eigenvalue weighted by atomic mass is 16.8.